The van der Waals surface area contributed by atoms with Gasteiger partial charge in [0.15, 0.2) is 0 Å². The second-order valence-electron chi connectivity index (χ2n) is 5.37. The summed E-state index contributed by atoms with van der Waals surface area (Å²) in [5.74, 6) is 0.193. The fourth-order valence-electron chi connectivity index (χ4n) is 2.74. The van der Waals surface area contributed by atoms with E-state index >= 15 is 0 Å². The molecule has 0 saturated carbocycles. The van der Waals surface area contributed by atoms with Crippen LogP contribution in [0.15, 0.2) is 29.6 Å². The molecule has 2 N–H and O–H groups in total. The summed E-state index contributed by atoms with van der Waals surface area (Å²) in [6.07, 6.45) is 3.59. The van der Waals surface area contributed by atoms with E-state index in [1.54, 1.807) is 11.3 Å². The van der Waals surface area contributed by atoms with Gasteiger partial charge in [-0.05, 0) is 48.2 Å². The van der Waals surface area contributed by atoms with Gasteiger partial charge in [-0.25, -0.2) is 0 Å². The lowest BCUT2D eigenvalue weighted by Crippen LogP contribution is -2.36. The molecule has 1 aliphatic rings. The molecule has 1 fully saturated rings. The molecule has 1 saturated heterocycles. The first-order valence-corrected chi connectivity index (χ1v) is 8.16. The zero-order chi connectivity index (χ0) is 13.8. The lowest BCUT2D eigenvalue weighted by molar-refractivity contribution is -0.121. The van der Waals surface area contributed by atoms with Crippen molar-refractivity contribution < 1.29 is 4.79 Å². The molecule has 0 bridgehead atoms. The third-order valence-electron chi connectivity index (χ3n) is 3.84. The van der Waals surface area contributed by atoms with E-state index in [2.05, 4.69) is 40.3 Å². The van der Waals surface area contributed by atoms with Gasteiger partial charge in [0.25, 0.3) is 0 Å². The van der Waals surface area contributed by atoms with Crippen molar-refractivity contribution in [2.45, 2.75) is 31.7 Å². The summed E-state index contributed by atoms with van der Waals surface area (Å²) in [5, 5.41) is 9.93. The average Bonchev–Trinajstić information content (AvgIpc) is 3.09. The SMILES string of the molecule is O=C(CCCc1csc2ccccc12)NC1CCNC1. The number of aryl methyl sites for hydroxylation is 1. The van der Waals surface area contributed by atoms with Crippen LogP contribution in [0, 0.1) is 0 Å². The third kappa shape index (κ3) is 3.19. The van der Waals surface area contributed by atoms with E-state index in [9.17, 15) is 4.79 Å². The number of hydrogen-bond acceptors (Lipinski definition) is 3. The highest BCUT2D eigenvalue weighted by Gasteiger charge is 2.16. The number of fused-ring (bicyclic) bond motifs is 1. The molecule has 1 amide bonds. The van der Waals surface area contributed by atoms with E-state index in [-0.39, 0.29) is 5.91 Å². The van der Waals surface area contributed by atoms with E-state index < -0.39 is 0 Å². The maximum absolute atomic E-state index is 11.9. The number of hydrogen-bond donors (Lipinski definition) is 2. The fraction of sp³-hybridized carbons (Fsp3) is 0.438. The molecule has 106 valence electrons. The monoisotopic (exact) mass is 288 g/mol. The minimum Gasteiger partial charge on any atom is -0.352 e. The number of carbonyl (C=O) groups excluding carboxylic acids is 1. The molecular weight excluding hydrogens is 268 g/mol. The molecule has 20 heavy (non-hydrogen) atoms. The second kappa shape index (κ2) is 6.37. The van der Waals surface area contributed by atoms with Crippen molar-refractivity contribution in [1.29, 1.82) is 0 Å². The molecule has 1 unspecified atom stereocenters. The van der Waals surface area contributed by atoms with E-state index in [0.29, 0.717) is 12.5 Å². The van der Waals surface area contributed by atoms with E-state index in [1.165, 1.54) is 15.6 Å². The Morgan fingerprint density at radius 3 is 3.15 bits per heavy atom. The van der Waals surface area contributed by atoms with Crippen LogP contribution in [0.25, 0.3) is 10.1 Å². The molecule has 2 aromatic rings. The Bertz CT molecular complexity index is 587. The Morgan fingerprint density at radius 1 is 1.40 bits per heavy atom. The molecule has 4 heteroatoms. The highest BCUT2D eigenvalue weighted by atomic mass is 32.1. The Morgan fingerprint density at radius 2 is 2.30 bits per heavy atom. The van der Waals surface area contributed by atoms with E-state index in [0.717, 1.165) is 32.4 Å². The Balaban J connectivity index is 1.48. The van der Waals surface area contributed by atoms with Crippen LogP contribution in [0.1, 0.15) is 24.8 Å². The molecule has 3 rings (SSSR count). The van der Waals surface area contributed by atoms with E-state index in [4.69, 9.17) is 0 Å². The van der Waals surface area contributed by atoms with Crippen LogP contribution in [0.4, 0.5) is 0 Å². The number of nitrogens with one attached hydrogen (secondary N) is 2. The number of thiophene rings is 1. The summed E-state index contributed by atoms with van der Waals surface area (Å²) >= 11 is 1.79. The molecule has 2 heterocycles. The van der Waals surface area contributed by atoms with Crippen molar-refractivity contribution in [3.63, 3.8) is 0 Å². The molecule has 1 atom stereocenters. The highest BCUT2D eigenvalue weighted by Crippen LogP contribution is 2.26. The van der Waals surface area contributed by atoms with Crippen molar-refractivity contribution in [1.82, 2.24) is 10.6 Å². The average molecular weight is 288 g/mol. The van der Waals surface area contributed by atoms with Crippen LogP contribution in [-0.2, 0) is 11.2 Å². The summed E-state index contributed by atoms with van der Waals surface area (Å²) in [4.78, 5) is 11.9. The van der Waals surface area contributed by atoms with Crippen LogP contribution in [0.3, 0.4) is 0 Å². The molecule has 0 spiro atoms. The number of carbonyl (C=O) groups is 1. The zero-order valence-corrected chi connectivity index (χ0v) is 12.3. The Labute approximate surface area is 123 Å². The predicted octanol–water partition coefficient (Wildman–Crippen LogP) is 2.70. The molecule has 1 aromatic carbocycles. The number of amides is 1. The third-order valence-corrected chi connectivity index (χ3v) is 4.85. The van der Waals surface area contributed by atoms with Gasteiger partial charge in [0.2, 0.25) is 5.91 Å². The number of rotatable bonds is 5. The van der Waals surface area contributed by atoms with Crippen molar-refractivity contribution >= 4 is 27.3 Å². The highest BCUT2D eigenvalue weighted by molar-refractivity contribution is 7.17. The van der Waals surface area contributed by atoms with Crippen LogP contribution in [0.2, 0.25) is 0 Å². The van der Waals surface area contributed by atoms with Gasteiger partial charge in [-0.3, -0.25) is 4.79 Å². The van der Waals surface area contributed by atoms with Crippen LogP contribution in [-0.4, -0.2) is 25.0 Å². The Kier molecular flexibility index (Phi) is 4.33. The smallest absolute Gasteiger partial charge is 0.220 e. The standard InChI is InChI=1S/C16H20N2OS/c19-16(18-13-8-9-17-10-13)7-3-4-12-11-20-15-6-2-1-5-14(12)15/h1-2,5-6,11,13,17H,3-4,7-10H2,(H,18,19). The van der Waals surface area contributed by atoms with Gasteiger partial charge in [0.1, 0.15) is 0 Å². The number of benzene rings is 1. The topological polar surface area (TPSA) is 41.1 Å². The summed E-state index contributed by atoms with van der Waals surface area (Å²) in [6, 6.07) is 8.82. The molecule has 3 nitrogen and oxygen atoms in total. The summed E-state index contributed by atoms with van der Waals surface area (Å²) in [6.45, 7) is 1.94. The van der Waals surface area contributed by atoms with Gasteiger partial charge >= 0.3 is 0 Å². The van der Waals surface area contributed by atoms with Crippen molar-refractivity contribution in [2.75, 3.05) is 13.1 Å². The largest absolute Gasteiger partial charge is 0.352 e. The van der Waals surface area contributed by atoms with E-state index in [1.807, 2.05) is 0 Å². The maximum atomic E-state index is 11.9. The maximum Gasteiger partial charge on any atom is 0.220 e. The van der Waals surface area contributed by atoms with Gasteiger partial charge in [-0.15, -0.1) is 11.3 Å². The molecule has 1 aliphatic heterocycles. The first kappa shape index (κ1) is 13.6. The van der Waals surface area contributed by atoms with Crippen LogP contribution >= 0.6 is 11.3 Å². The second-order valence-corrected chi connectivity index (χ2v) is 6.28. The van der Waals surface area contributed by atoms with Crippen LogP contribution < -0.4 is 10.6 Å². The predicted molar refractivity (Wildman–Crippen MR) is 84.2 cm³/mol. The fourth-order valence-corrected chi connectivity index (χ4v) is 3.74. The summed E-state index contributed by atoms with van der Waals surface area (Å²) in [7, 11) is 0. The zero-order valence-electron chi connectivity index (χ0n) is 11.5. The van der Waals surface area contributed by atoms with Gasteiger partial charge in [-0.1, -0.05) is 18.2 Å². The van der Waals surface area contributed by atoms with Crippen LogP contribution in [0.5, 0.6) is 0 Å². The van der Waals surface area contributed by atoms with Crippen molar-refractivity contribution in [2.24, 2.45) is 0 Å². The van der Waals surface area contributed by atoms with Crippen molar-refractivity contribution in [3.8, 4) is 0 Å². The Hall–Kier alpha value is -1.39. The first-order valence-electron chi connectivity index (χ1n) is 7.28. The quantitative estimate of drug-likeness (QED) is 0.888. The minimum absolute atomic E-state index is 0.193. The molecule has 0 radical (unpaired) electrons. The summed E-state index contributed by atoms with van der Waals surface area (Å²) in [5.41, 5.74) is 1.38. The van der Waals surface area contributed by atoms with Gasteiger partial charge < -0.3 is 10.6 Å². The molecular formula is C16H20N2OS. The lowest BCUT2D eigenvalue weighted by atomic mass is 10.1. The van der Waals surface area contributed by atoms with Gasteiger partial charge in [-0.2, -0.15) is 0 Å². The molecule has 1 aromatic heterocycles. The van der Waals surface area contributed by atoms with Crippen molar-refractivity contribution in [3.05, 3.63) is 35.2 Å². The normalized spacial score (nSPS) is 18.5. The molecule has 0 aliphatic carbocycles. The summed E-state index contributed by atoms with van der Waals surface area (Å²) < 4.78 is 1.34. The van der Waals surface area contributed by atoms with Gasteiger partial charge in [0, 0.05) is 23.7 Å². The lowest BCUT2D eigenvalue weighted by Gasteiger charge is -2.10. The van der Waals surface area contributed by atoms with Gasteiger partial charge in [0.05, 0.1) is 0 Å². The first-order chi connectivity index (χ1) is 9.83. The minimum atomic E-state index is 0.193.